The highest BCUT2D eigenvalue weighted by Gasteiger charge is 2.46. The smallest absolute Gasteiger partial charge is 0.352 e. The minimum absolute atomic E-state index is 0.0156. The van der Waals surface area contributed by atoms with Gasteiger partial charge in [0.1, 0.15) is 5.75 Å². The summed E-state index contributed by atoms with van der Waals surface area (Å²) in [6.45, 7) is 0.103. The van der Waals surface area contributed by atoms with E-state index in [4.69, 9.17) is 0 Å². The molecule has 39 heavy (non-hydrogen) atoms. The summed E-state index contributed by atoms with van der Waals surface area (Å²) in [6, 6.07) is 18.9. The summed E-state index contributed by atoms with van der Waals surface area (Å²) in [4.78, 5) is 54.2. The number of rotatable bonds is 2. The van der Waals surface area contributed by atoms with Crippen molar-refractivity contribution in [3.8, 4) is 11.4 Å². The Kier molecular flexibility index (Phi) is 5.15. The molecule has 1 N–H and O–H groups in total. The first-order valence-corrected chi connectivity index (χ1v) is 13.3. The number of ketones is 2. The molecule has 4 aromatic rings. The van der Waals surface area contributed by atoms with Gasteiger partial charge in [-0.15, -0.1) is 0 Å². The third-order valence-corrected chi connectivity index (χ3v) is 8.44. The van der Waals surface area contributed by atoms with Crippen molar-refractivity contribution in [2.75, 3.05) is 0 Å². The van der Waals surface area contributed by atoms with Crippen molar-refractivity contribution in [1.82, 2.24) is 13.9 Å². The second kappa shape index (κ2) is 8.51. The molecule has 1 aliphatic heterocycles. The fourth-order valence-electron chi connectivity index (χ4n) is 6.20. The van der Waals surface area contributed by atoms with Crippen LogP contribution in [0, 0.1) is 0 Å². The maximum absolute atomic E-state index is 13.8. The Morgan fingerprint density at radius 3 is 2.41 bits per heavy atom. The van der Waals surface area contributed by atoms with Crippen LogP contribution in [-0.2, 0) is 16.1 Å². The number of carbonyl (C=O) groups excluding carboxylic acids is 2. The number of hydrogen-bond donors (Lipinski definition) is 1. The predicted octanol–water partition coefficient (Wildman–Crippen LogP) is 4.06. The number of nitrogens with zero attached hydrogens (tertiary/aromatic N) is 3. The van der Waals surface area contributed by atoms with Gasteiger partial charge in [0.15, 0.2) is 11.6 Å². The Morgan fingerprint density at radius 1 is 0.872 bits per heavy atom. The van der Waals surface area contributed by atoms with Crippen LogP contribution in [0.3, 0.4) is 0 Å². The Labute approximate surface area is 229 Å². The van der Waals surface area contributed by atoms with Gasteiger partial charge in [-0.05, 0) is 50.5 Å². The minimum Gasteiger partial charge on any atom is -0.508 e. The molecule has 0 bridgehead atoms. The average molecular weight is 582 g/mol. The summed E-state index contributed by atoms with van der Waals surface area (Å²) in [6.07, 6.45) is 3.19. The van der Waals surface area contributed by atoms with Crippen LogP contribution in [0.5, 0.6) is 5.75 Å². The molecule has 0 saturated heterocycles. The fourth-order valence-corrected chi connectivity index (χ4v) is 6.64. The van der Waals surface area contributed by atoms with Gasteiger partial charge in [0, 0.05) is 35.1 Å². The van der Waals surface area contributed by atoms with E-state index in [0.29, 0.717) is 22.4 Å². The molecule has 2 atom stereocenters. The number of aromatic hydroxyl groups is 1. The molecule has 0 amide bonds. The lowest BCUT2D eigenvalue weighted by atomic mass is 9.68. The number of fused-ring (bicyclic) bond motifs is 4. The van der Waals surface area contributed by atoms with Gasteiger partial charge in [0.25, 0.3) is 0 Å². The van der Waals surface area contributed by atoms with E-state index in [1.165, 1.54) is 15.4 Å². The number of carbonyl (C=O) groups is 2. The minimum atomic E-state index is -0.783. The van der Waals surface area contributed by atoms with Crippen molar-refractivity contribution in [1.29, 1.82) is 0 Å². The molecule has 2 unspecified atom stereocenters. The predicted molar refractivity (Wildman–Crippen MR) is 148 cm³/mol. The molecule has 3 aliphatic rings. The molecular weight excluding hydrogens is 562 g/mol. The van der Waals surface area contributed by atoms with Crippen LogP contribution in [0.15, 0.2) is 110 Å². The Hall–Kier alpha value is -4.50. The van der Waals surface area contributed by atoms with Gasteiger partial charge in [-0.3, -0.25) is 9.59 Å². The van der Waals surface area contributed by atoms with Crippen molar-refractivity contribution in [2.24, 2.45) is 0 Å². The Balaban J connectivity index is 1.52. The van der Waals surface area contributed by atoms with Crippen LogP contribution in [0.2, 0.25) is 0 Å². The van der Waals surface area contributed by atoms with Crippen molar-refractivity contribution < 1.29 is 14.7 Å². The summed E-state index contributed by atoms with van der Waals surface area (Å²) in [7, 11) is 0. The molecule has 8 nitrogen and oxygen atoms in total. The van der Waals surface area contributed by atoms with Crippen molar-refractivity contribution in [2.45, 2.75) is 24.9 Å². The summed E-state index contributed by atoms with van der Waals surface area (Å²) < 4.78 is 4.03. The first-order valence-electron chi connectivity index (χ1n) is 12.5. The fraction of sp³-hybridized carbons (Fsp3) is 0.133. The first-order chi connectivity index (χ1) is 18.9. The van der Waals surface area contributed by atoms with Crippen LogP contribution < -0.4 is 11.4 Å². The number of halogens is 1. The van der Waals surface area contributed by atoms with Crippen LogP contribution >= 0.6 is 15.9 Å². The topological polar surface area (TPSA) is 103 Å². The zero-order valence-electron chi connectivity index (χ0n) is 20.4. The molecule has 7 rings (SSSR count). The van der Waals surface area contributed by atoms with Gasteiger partial charge in [0.05, 0.1) is 22.8 Å². The van der Waals surface area contributed by atoms with Crippen molar-refractivity contribution in [3.05, 3.63) is 127 Å². The van der Waals surface area contributed by atoms with Gasteiger partial charge in [0.2, 0.25) is 0 Å². The van der Waals surface area contributed by atoms with Gasteiger partial charge in [-0.2, -0.15) is 0 Å². The molecule has 2 aliphatic carbocycles. The van der Waals surface area contributed by atoms with Gasteiger partial charge < -0.3 is 5.11 Å². The quantitative estimate of drug-likeness (QED) is 0.284. The number of phenolic OH excluding ortho intramolecular Hbond substituents is 1. The third kappa shape index (κ3) is 3.29. The number of aromatic nitrogens is 3. The number of benzene rings is 3. The zero-order chi connectivity index (χ0) is 27.0. The molecule has 0 saturated carbocycles. The van der Waals surface area contributed by atoms with E-state index >= 15 is 0 Å². The number of para-hydroxylation sites is 1. The van der Waals surface area contributed by atoms with E-state index in [2.05, 4.69) is 15.9 Å². The van der Waals surface area contributed by atoms with E-state index in [9.17, 15) is 24.3 Å². The maximum Gasteiger partial charge on any atom is 0.352 e. The van der Waals surface area contributed by atoms with E-state index in [0.717, 1.165) is 15.3 Å². The summed E-state index contributed by atoms with van der Waals surface area (Å²) in [5.41, 5.74) is 1.18. The number of hydrogen-bond acceptors (Lipinski definition) is 5. The van der Waals surface area contributed by atoms with Crippen LogP contribution in [-0.4, -0.2) is 30.6 Å². The molecule has 0 radical (unpaired) electrons. The molecule has 2 heterocycles. The Morgan fingerprint density at radius 2 is 1.62 bits per heavy atom. The van der Waals surface area contributed by atoms with Crippen molar-refractivity contribution >= 4 is 38.3 Å². The van der Waals surface area contributed by atoms with E-state index in [-0.39, 0.29) is 40.3 Å². The van der Waals surface area contributed by atoms with Crippen LogP contribution in [0.4, 0.5) is 0 Å². The average Bonchev–Trinajstić information content (AvgIpc) is 3.21. The van der Waals surface area contributed by atoms with Crippen LogP contribution in [0.1, 0.15) is 23.9 Å². The first kappa shape index (κ1) is 23.6. The highest BCUT2D eigenvalue weighted by Crippen LogP contribution is 2.53. The summed E-state index contributed by atoms with van der Waals surface area (Å²) in [5, 5.41) is 12.8. The largest absolute Gasteiger partial charge is 0.508 e. The lowest BCUT2D eigenvalue weighted by Crippen LogP contribution is -2.40. The maximum atomic E-state index is 13.8. The normalized spacial score (nSPS) is 20.3. The monoisotopic (exact) mass is 581 g/mol. The molecule has 192 valence electrons. The zero-order valence-corrected chi connectivity index (χ0v) is 22.0. The highest BCUT2D eigenvalue weighted by molar-refractivity contribution is 9.12. The lowest BCUT2D eigenvalue weighted by Gasteiger charge is -2.39. The number of Topliss-reactive ketones (excluding diaryl/α,β-unsaturated/α-hetero) is 1. The third-order valence-electron chi connectivity index (χ3n) is 7.85. The van der Waals surface area contributed by atoms with E-state index in [1.54, 1.807) is 42.5 Å². The number of allylic oxidation sites excluding steroid dienone is 6. The van der Waals surface area contributed by atoms with E-state index in [1.807, 2.05) is 30.3 Å². The van der Waals surface area contributed by atoms with Crippen LogP contribution in [0.25, 0.3) is 16.5 Å². The standard InChI is InChI=1S/C30H20BrN3O5/c31-21-15-24(36)26-20(28(21)37)14-22-19(27(26)25-18-9-5-4-6-16(18)10-11-23(25)35)12-13-32-29(38)33(30(39)34(22)32)17-7-2-1-3-8-17/h1-12,15,22,27,35H,13-14H2. The van der Waals surface area contributed by atoms with Crippen molar-refractivity contribution in [3.63, 3.8) is 0 Å². The highest BCUT2D eigenvalue weighted by atomic mass is 79.9. The molecule has 1 aromatic heterocycles. The van der Waals surface area contributed by atoms with Gasteiger partial charge in [-0.1, -0.05) is 54.6 Å². The second-order valence-electron chi connectivity index (χ2n) is 9.82. The molecular formula is C30H20BrN3O5. The van der Waals surface area contributed by atoms with E-state index < -0.39 is 23.3 Å². The second-order valence-corrected chi connectivity index (χ2v) is 10.7. The number of phenols is 1. The molecule has 9 heteroatoms. The Bertz CT molecular complexity index is 1970. The SMILES string of the molecule is O=C1C=C(Br)C(=O)C2=C1C(c1c(O)ccc3ccccc13)C1=CCn3c(=O)n(-c4ccccc4)c(=O)n3C1C2. The molecule has 0 fully saturated rings. The van der Waals surface area contributed by atoms with Gasteiger partial charge in [-0.25, -0.2) is 23.5 Å². The lowest BCUT2D eigenvalue weighted by molar-refractivity contribution is -0.115. The van der Waals surface area contributed by atoms with Gasteiger partial charge >= 0.3 is 11.4 Å². The summed E-state index contributed by atoms with van der Waals surface area (Å²) >= 11 is 3.23. The summed E-state index contributed by atoms with van der Waals surface area (Å²) in [5.74, 6) is -1.47. The molecule has 0 spiro atoms. The molecule has 3 aromatic carbocycles.